The second-order valence-corrected chi connectivity index (χ2v) is 16.4. The molecule has 0 bridgehead atoms. The van der Waals surface area contributed by atoms with Gasteiger partial charge in [-0.05, 0) is 105 Å². The molecule has 6 aromatic rings. The summed E-state index contributed by atoms with van der Waals surface area (Å²) in [5.74, 6) is 0. The van der Waals surface area contributed by atoms with Crippen LogP contribution in [0.15, 0.2) is 117 Å². The third-order valence-electron chi connectivity index (χ3n) is 8.67. The van der Waals surface area contributed by atoms with E-state index >= 15 is 0 Å². The summed E-state index contributed by atoms with van der Waals surface area (Å²) >= 11 is 1.50. The van der Waals surface area contributed by atoms with E-state index in [1.54, 1.807) is 59.7 Å². The van der Waals surface area contributed by atoms with Crippen molar-refractivity contribution in [1.82, 2.24) is 0 Å². The van der Waals surface area contributed by atoms with Crippen molar-refractivity contribution in [3.05, 3.63) is 108 Å². The van der Waals surface area contributed by atoms with Gasteiger partial charge in [-0.3, -0.25) is 30.8 Å². The van der Waals surface area contributed by atoms with Crippen LogP contribution < -0.4 is 31.9 Å². The fraction of sp³-hybridized carbons (Fsp3) is 0. The number of hydrogen-bond acceptors (Lipinski definition) is 18. The van der Waals surface area contributed by atoms with Crippen LogP contribution in [0.5, 0.6) is 0 Å². The number of rotatable bonds is 12. The Kier molecular flexibility index (Phi) is 10.0. The van der Waals surface area contributed by atoms with Crippen LogP contribution in [-0.2, 0) is 39.0 Å². The molecule has 56 heavy (non-hydrogen) atoms. The Morgan fingerprint density at radius 1 is 0.536 bits per heavy atom. The lowest BCUT2D eigenvalue weighted by molar-refractivity contribution is -0.432. The number of hydrogen-bond donors (Lipinski definition) is 8. The van der Waals surface area contributed by atoms with Crippen LogP contribution in [0.25, 0.3) is 33.7 Å². The molecule has 2 aliphatic rings. The van der Waals surface area contributed by atoms with Crippen LogP contribution in [0.4, 0.5) is 34.1 Å². The molecule has 8 N–H and O–H groups in total. The Balaban J connectivity index is 1.03. The van der Waals surface area contributed by atoms with Crippen LogP contribution in [0.3, 0.4) is 0 Å². The van der Waals surface area contributed by atoms with E-state index in [1.165, 1.54) is 35.5 Å². The molecule has 0 radical (unpaired) electrons. The Morgan fingerprint density at radius 2 is 1.05 bits per heavy atom. The van der Waals surface area contributed by atoms with Crippen LogP contribution in [-0.4, -0.2) is 36.5 Å². The lowest BCUT2D eigenvalue weighted by Crippen LogP contribution is -2.29. The molecule has 0 aromatic heterocycles. The predicted molar refractivity (Wildman–Crippen MR) is 210 cm³/mol. The SMILES string of the molecule is O=S(=O)(O)c1ccc2cc3c(cc2c1)NN(c1ccc(/C=C/c2ccc(N4Nc5cc6ccc(SOOO)cc6cc5N4)cc2S(=O)(=O)O)c(SOOO)c1)N3. The molecule has 0 aliphatic carbocycles. The lowest BCUT2D eigenvalue weighted by atomic mass is 10.1. The first-order valence-corrected chi connectivity index (χ1v) is 20.3. The molecule has 2 heterocycles. The topological polar surface area (TPSA) is 241 Å². The summed E-state index contributed by atoms with van der Waals surface area (Å²) in [5.41, 5.74) is 17.0. The first-order valence-electron chi connectivity index (χ1n) is 15.9. The highest BCUT2D eigenvalue weighted by atomic mass is 32.2. The molecule has 8 rings (SSSR count). The highest BCUT2D eigenvalue weighted by Gasteiger charge is 2.24. The second-order valence-electron chi connectivity index (χ2n) is 12.1. The summed E-state index contributed by atoms with van der Waals surface area (Å²) in [6.45, 7) is 0. The number of nitrogens with one attached hydrogen (secondary N) is 4. The normalized spacial score (nSPS) is 13.8. The highest BCUT2D eigenvalue weighted by molar-refractivity contribution is 7.94. The van der Waals surface area contributed by atoms with Gasteiger partial charge in [0.25, 0.3) is 20.2 Å². The van der Waals surface area contributed by atoms with Gasteiger partial charge in [0.15, 0.2) is 0 Å². The lowest BCUT2D eigenvalue weighted by Gasteiger charge is -2.20. The van der Waals surface area contributed by atoms with Crippen molar-refractivity contribution in [2.75, 3.05) is 31.9 Å². The molecule has 0 saturated heterocycles. The Hall–Kier alpha value is -5.34. The summed E-state index contributed by atoms with van der Waals surface area (Å²) in [6, 6.07) is 26.6. The van der Waals surface area contributed by atoms with Crippen molar-refractivity contribution in [1.29, 1.82) is 0 Å². The Bertz CT molecular complexity index is 2790. The summed E-state index contributed by atoms with van der Waals surface area (Å²) < 4.78 is 77.6. The van der Waals surface area contributed by atoms with E-state index < -0.39 is 20.2 Å². The zero-order valence-corrected chi connectivity index (χ0v) is 31.2. The maximum absolute atomic E-state index is 12.6. The van der Waals surface area contributed by atoms with Crippen molar-refractivity contribution in [2.24, 2.45) is 0 Å². The highest BCUT2D eigenvalue weighted by Crippen LogP contribution is 2.39. The largest absolute Gasteiger partial charge is 0.295 e. The van der Waals surface area contributed by atoms with Gasteiger partial charge in [-0.25, -0.2) is 10.5 Å². The van der Waals surface area contributed by atoms with Crippen LogP contribution in [0, 0.1) is 0 Å². The molecule has 0 fully saturated rings. The second kappa shape index (κ2) is 15.0. The van der Waals surface area contributed by atoms with Gasteiger partial charge in [-0.15, -0.1) is 8.67 Å². The van der Waals surface area contributed by atoms with E-state index in [0.717, 1.165) is 28.2 Å². The number of hydrazine groups is 4. The van der Waals surface area contributed by atoms with Gasteiger partial charge in [0, 0.05) is 9.79 Å². The van der Waals surface area contributed by atoms with E-state index in [0.29, 0.717) is 66.9 Å². The average molecular weight is 839 g/mol. The molecule has 0 saturated carbocycles. The van der Waals surface area contributed by atoms with Crippen molar-refractivity contribution < 1.29 is 55.2 Å². The molecule has 0 spiro atoms. The Labute approximate surface area is 325 Å². The molecule has 22 heteroatoms. The summed E-state index contributed by atoms with van der Waals surface area (Å²) in [4.78, 5) is 0.498. The fourth-order valence-corrected chi connectivity index (χ4v) is 8.24. The quantitative estimate of drug-likeness (QED) is 0.0192. The van der Waals surface area contributed by atoms with Gasteiger partial charge in [0.05, 0.1) is 63.1 Å². The average Bonchev–Trinajstić information content (AvgIpc) is 3.79. The van der Waals surface area contributed by atoms with E-state index in [2.05, 4.69) is 36.1 Å². The first kappa shape index (κ1) is 37.6. The summed E-state index contributed by atoms with van der Waals surface area (Å²) in [5, 5.41) is 31.0. The van der Waals surface area contributed by atoms with Crippen LogP contribution >= 0.6 is 24.1 Å². The molecular formula is C34H26N6O12S4. The number of nitrogens with zero attached hydrogens (tertiary/aromatic N) is 2. The molecule has 18 nitrogen and oxygen atoms in total. The Morgan fingerprint density at radius 3 is 1.64 bits per heavy atom. The van der Waals surface area contributed by atoms with E-state index in [-0.39, 0.29) is 15.4 Å². The molecular weight excluding hydrogens is 813 g/mol. The smallest absolute Gasteiger partial charge is 0.282 e. The monoisotopic (exact) mass is 838 g/mol. The standard InChI is InChI=1S/C34H26N6O12S4/c41-49-51-53-27-9-5-21-13-29-31(15-23(21)11-27)38-40(36-29)26-8-4-20(34(18-26)56(46,47)48)2-1-19-3-7-25(17-33(19)54-52-50-42)39-35-30-14-22-6-10-28(55(43,44)45)12-24(22)16-32(30)37-39/h1-18,35-38,41-42H,(H,43,44,45)(H,46,47,48)/b2-1+. The predicted octanol–water partition coefficient (Wildman–Crippen LogP) is 7.86. The zero-order valence-electron chi connectivity index (χ0n) is 28.0. The van der Waals surface area contributed by atoms with Gasteiger partial charge in [-0.1, -0.05) is 46.5 Å². The number of fused-ring (bicyclic) bond motifs is 4. The molecule has 0 atom stereocenters. The van der Waals surface area contributed by atoms with Crippen LogP contribution in [0.2, 0.25) is 0 Å². The summed E-state index contributed by atoms with van der Waals surface area (Å²) in [6.07, 6.45) is 3.08. The molecule has 2 aliphatic heterocycles. The van der Waals surface area contributed by atoms with E-state index in [1.807, 2.05) is 24.3 Å². The van der Waals surface area contributed by atoms with Gasteiger partial charge in [0.1, 0.15) is 4.90 Å². The van der Waals surface area contributed by atoms with Gasteiger partial charge in [0.2, 0.25) is 0 Å². The van der Waals surface area contributed by atoms with E-state index in [4.69, 9.17) is 14.8 Å². The third kappa shape index (κ3) is 7.72. The zero-order chi connectivity index (χ0) is 39.2. The number of benzene rings is 6. The third-order valence-corrected chi connectivity index (χ3v) is 11.7. The molecule has 6 aromatic carbocycles. The molecule has 288 valence electrons. The molecule has 0 amide bonds. The van der Waals surface area contributed by atoms with Gasteiger partial charge >= 0.3 is 0 Å². The van der Waals surface area contributed by atoms with Crippen molar-refractivity contribution in [3.8, 4) is 0 Å². The first-order chi connectivity index (χ1) is 26.9. The van der Waals surface area contributed by atoms with Crippen molar-refractivity contribution in [3.63, 3.8) is 0 Å². The van der Waals surface area contributed by atoms with Gasteiger partial charge < -0.3 is 0 Å². The van der Waals surface area contributed by atoms with Crippen molar-refractivity contribution >= 4 is 112 Å². The minimum Gasteiger partial charge on any atom is -0.282 e. The maximum Gasteiger partial charge on any atom is 0.295 e. The minimum absolute atomic E-state index is 0.166. The van der Waals surface area contributed by atoms with E-state index in [9.17, 15) is 25.9 Å². The molecule has 0 unspecified atom stereocenters. The summed E-state index contributed by atoms with van der Waals surface area (Å²) in [7, 11) is -9.11. The maximum atomic E-state index is 12.6. The van der Waals surface area contributed by atoms with Crippen molar-refractivity contribution in [2.45, 2.75) is 19.6 Å². The van der Waals surface area contributed by atoms with Crippen LogP contribution in [0.1, 0.15) is 11.1 Å². The number of anilines is 6. The van der Waals surface area contributed by atoms with Gasteiger partial charge in [-0.2, -0.15) is 27.1 Å². The minimum atomic E-state index is -4.72. The fourth-order valence-electron chi connectivity index (χ4n) is 6.11.